The summed E-state index contributed by atoms with van der Waals surface area (Å²) in [5, 5.41) is 13.8. The number of anilines is 1. The Balaban J connectivity index is 1.84. The number of phenolic OH excluding ortho intramolecular Hbond substituents is 1. The van der Waals surface area contributed by atoms with E-state index in [2.05, 4.69) is 31.4 Å². The molecule has 0 bridgehead atoms. The van der Waals surface area contributed by atoms with E-state index in [1.807, 2.05) is 24.3 Å². The zero-order valence-electron chi connectivity index (χ0n) is 16.8. The molecule has 31 heavy (non-hydrogen) atoms. The molecule has 0 aliphatic heterocycles. The Kier molecular flexibility index (Phi) is 5.47. The van der Waals surface area contributed by atoms with Crippen LogP contribution < -0.4 is 16.7 Å². The van der Waals surface area contributed by atoms with Crippen molar-refractivity contribution in [2.75, 3.05) is 5.43 Å². The van der Waals surface area contributed by atoms with Gasteiger partial charge in [0.25, 0.3) is 5.56 Å². The third-order valence-corrected chi connectivity index (χ3v) is 5.66. The first-order chi connectivity index (χ1) is 14.9. The number of hydrogen-bond acceptors (Lipinski definition) is 6. The average molecular weight is 483 g/mol. The van der Waals surface area contributed by atoms with Crippen LogP contribution in [0.2, 0.25) is 0 Å². The number of hydrogen-bond donors (Lipinski definition) is 2. The summed E-state index contributed by atoms with van der Waals surface area (Å²) >= 11 is 3.53. The van der Waals surface area contributed by atoms with Crippen LogP contribution in [0.5, 0.6) is 5.75 Å². The van der Waals surface area contributed by atoms with Gasteiger partial charge in [-0.3, -0.25) is 18.5 Å². The predicted molar refractivity (Wildman–Crippen MR) is 123 cm³/mol. The smallest absolute Gasteiger partial charge is 0.332 e. The average Bonchev–Trinajstić information content (AvgIpc) is 3.11. The molecule has 0 atom stereocenters. The van der Waals surface area contributed by atoms with Gasteiger partial charge in [0.2, 0.25) is 5.95 Å². The number of aromatic hydroxyl groups is 1. The van der Waals surface area contributed by atoms with Crippen LogP contribution in [-0.2, 0) is 20.6 Å². The minimum absolute atomic E-state index is 0.128. The predicted octanol–water partition coefficient (Wildman–Crippen LogP) is 2.40. The molecule has 158 valence electrons. The Labute approximate surface area is 185 Å². The summed E-state index contributed by atoms with van der Waals surface area (Å²) in [7, 11) is 3.01. The van der Waals surface area contributed by atoms with Crippen LogP contribution in [0.3, 0.4) is 0 Å². The van der Waals surface area contributed by atoms with E-state index in [0.717, 1.165) is 14.6 Å². The standard InChI is InChI=1S/C21H19BrN6O3/c1-26-18-17(19(30)27(2)21(26)31)28(12-14-7-3-4-9-16(14)22)20(24-18)25-23-11-13-6-5-8-15(29)10-13/h3-11,29H,12H2,1-2H3,(H,24,25)/b23-11+. The van der Waals surface area contributed by atoms with E-state index in [1.165, 1.54) is 17.8 Å². The molecule has 0 aliphatic carbocycles. The Morgan fingerprint density at radius 1 is 1.13 bits per heavy atom. The van der Waals surface area contributed by atoms with E-state index < -0.39 is 11.2 Å². The van der Waals surface area contributed by atoms with E-state index in [0.29, 0.717) is 18.1 Å². The Morgan fingerprint density at radius 3 is 2.65 bits per heavy atom. The number of nitrogens with one attached hydrogen (secondary N) is 1. The summed E-state index contributed by atoms with van der Waals surface area (Å²) in [4.78, 5) is 29.8. The van der Waals surface area contributed by atoms with Crippen LogP contribution in [0.4, 0.5) is 5.95 Å². The van der Waals surface area contributed by atoms with Gasteiger partial charge in [0.1, 0.15) is 5.75 Å². The van der Waals surface area contributed by atoms with Crippen LogP contribution in [0, 0.1) is 0 Å². The lowest BCUT2D eigenvalue weighted by Crippen LogP contribution is -2.37. The largest absolute Gasteiger partial charge is 0.508 e. The fourth-order valence-corrected chi connectivity index (χ4v) is 3.66. The molecule has 2 aromatic heterocycles. The summed E-state index contributed by atoms with van der Waals surface area (Å²) < 4.78 is 4.96. The zero-order valence-corrected chi connectivity index (χ0v) is 18.4. The van der Waals surface area contributed by atoms with Crippen molar-refractivity contribution < 1.29 is 5.11 Å². The Bertz CT molecular complexity index is 1430. The SMILES string of the molecule is Cn1c(=O)c2c(nc(N/N=C/c3cccc(O)c3)n2Cc2ccccc2Br)n(C)c1=O. The second kappa shape index (κ2) is 8.23. The monoisotopic (exact) mass is 482 g/mol. The lowest BCUT2D eigenvalue weighted by Gasteiger charge is -2.10. The quantitative estimate of drug-likeness (QED) is 0.335. The fourth-order valence-electron chi connectivity index (χ4n) is 3.25. The molecule has 0 aliphatic rings. The first-order valence-electron chi connectivity index (χ1n) is 9.34. The molecular weight excluding hydrogens is 464 g/mol. The summed E-state index contributed by atoms with van der Waals surface area (Å²) in [6.07, 6.45) is 1.53. The van der Waals surface area contributed by atoms with Crippen molar-refractivity contribution in [2.24, 2.45) is 19.2 Å². The molecule has 0 fully saturated rings. The minimum Gasteiger partial charge on any atom is -0.508 e. The van der Waals surface area contributed by atoms with Gasteiger partial charge in [-0.15, -0.1) is 0 Å². The Morgan fingerprint density at radius 2 is 1.90 bits per heavy atom. The molecule has 0 saturated carbocycles. The highest BCUT2D eigenvalue weighted by atomic mass is 79.9. The number of halogens is 1. The molecule has 10 heteroatoms. The summed E-state index contributed by atoms with van der Waals surface area (Å²) in [6.45, 7) is 0.329. The molecule has 0 amide bonds. The van der Waals surface area contributed by atoms with Crippen molar-refractivity contribution >= 4 is 39.3 Å². The van der Waals surface area contributed by atoms with Crippen molar-refractivity contribution in [2.45, 2.75) is 6.54 Å². The third-order valence-electron chi connectivity index (χ3n) is 4.88. The molecule has 0 unspecified atom stereocenters. The van der Waals surface area contributed by atoms with Gasteiger partial charge in [-0.2, -0.15) is 10.1 Å². The number of fused-ring (bicyclic) bond motifs is 1. The fraction of sp³-hybridized carbons (Fsp3) is 0.143. The van der Waals surface area contributed by atoms with Gasteiger partial charge in [0.15, 0.2) is 11.2 Å². The Hall–Kier alpha value is -3.66. The first-order valence-corrected chi connectivity index (χ1v) is 10.1. The number of imidazole rings is 1. The van der Waals surface area contributed by atoms with Gasteiger partial charge in [-0.25, -0.2) is 10.2 Å². The molecule has 2 aromatic carbocycles. The molecule has 2 N–H and O–H groups in total. The van der Waals surface area contributed by atoms with E-state index in [4.69, 9.17) is 0 Å². The van der Waals surface area contributed by atoms with Crippen molar-refractivity contribution in [3.8, 4) is 5.75 Å². The first kappa shape index (κ1) is 20.6. The van der Waals surface area contributed by atoms with Crippen molar-refractivity contribution in [3.05, 3.63) is 85.0 Å². The van der Waals surface area contributed by atoms with Crippen LogP contribution in [0.1, 0.15) is 11.1 Å². The molecule has 4 rings (SSSR count). The van der Waals surface area contributed by atoms with Crippen molar-refractivity contribution in [1.29, 1.82) is 0 Å². The second-order valence-electron chi connectivity index (χ2n) is 6.96. The van der Waals surface area contributed by atoms with Crippen LogP contribution in [0.15, 0.2) is 67.7 Å². The van der Waals surface area contributed by atoms with E-state index in [9.17, 15) is 14.7 Å². The number of benzene rings is 2. The van der Waals surface area contributed by atoms with Gasteiger partial charge < -0.3 is 5.11 Å². The number of hydrazone groups is 1. The molecule has 4 aromatic rings. The molecular formula is C21H19BrN6O3. The van der Waals surface area contributed by atoms with Crippen molar-refractivity contribution in [1.82, 2.24) is 18.7 Å². The maximum absolute atomic E-state index is 12.9. The minimum atomic E-state index is -0.460. The van der Waals surface area contributed by atoms with E-state index >= 15 is 0 Å². The highest BCUT2D eigenvalue weighted by molar-refractivity contribution is 9.10. The van der Waals surface area contributed by atoms with E-state index in [1.54, 1.807) is 35.9 Å². The molecule has 0 spiro atoms. The van der Waals surface area contributed by atoms with E-state index in [-0.39, 0.29) is 16.9 Å². The highest BCUT2D eigenvalue weighted by Gasteiger charge is 2.19. The summed E-state index contributed by atoms with van der Waals surface area (Å²) in [5.74, 6) is 0.434. The van der Waals surface area contributed by atoms with Crippen LogP contribution >= 0.6 is 15.9 Å². The van der Waals surface area contributed by atoms with Crippen LogP contribution in [0.25, 0.3) is 11.2 Å². The normalized spacial score (nSPS) is 11.5. The zero-order chi connectivity index (χ0) is 22.1. The molecule has 9 nitrogen and oxygen atoms in total. The van der Waals surface area contributed by atoms with Gasteiger partial charge in [0.05, 0.1) is 12.8 Å². The van der Waals surface area contributed by atoms with Gasteiger partial charge in [0, 0.05) is 18.6 Å². The highest BCUT2D eigenvalue weighted by Crippen LogP contribution is 2.22. The van der Waals surface area contributed by atoms with Crippen LogP contribution in [-0.4, -0.2) is 30.0 Å². The number of aryl methyl sites for hydroxylation is 1. The molecule has 0 saturated heterocycles. The number of rotatable bonds is 5. The second-order valence-corrected chi connectivity index (χ2v) is 7.81. The number of aromatic nitrogens is 4. The third kappa shape index (κ3) is 3.89. The number of phenols is 1. The van der Waals surface area contributed by atoms with Gasteiger partial charge in [-0.05, 0) is 29.3 Å². The van der Waals surface area contributed by atoms with Crippen molar-refractivity contribution in [3.63, 3.8) is 0 Å². The lowest BCUT2D eigenvalue weighted by molar-refractivity contribution is 0.475. The lowest BCUT2D eigenvalue weighted by atomic mass is 10.2. The summed E-state index contributed by atoms with van der Waals surface area (Å²) in [6, 6.07) is 14.3. The number of nitrogens with zero attached hydrogens (tertiary/aromatic N) is 5. The molecule has 2 heterocycles. The van der Waals surface area contributed by atoms with Gasteiger partial charge >= 0.3 is 5.69 Å². The maximum Gasteiger partial charge on any atom is 0.332 e. The van der Waals surface area contributed by atoms with Gasteiger partial charge in [-0.1, -0.05) is 46.3 Å². The topological polar surface area (TPSA) is 106 Å². The maximum atomic E-state index is 12.9. The summed E-state index contributed by atoms with van der Waals surface area (Å²) in [5.41, 5.74) is 4.12. The molecule has 0 radical (unpaired) electrons.